The predicted molar refractivity (Wildman–Crippen MR) is 133 cm³/mol. The van der Waals surface area contributed by atoms with Gasteiger partial charge in [0.05, 0.1) is 11.0 Å². The normalized spacial score (nSPS) is 11.3. The van der Waals surface area contributed by atoms with E-state index >= 15 is 0 Å². The number of hydrogen-bond acceptors (Lipinski definition) is 5. The molecule has 0 unspecified atom stereocenters. The average molecular weight is 438 g/mol. The highest BCUT2D eigenvalue weighted by Crippen LogP contribution is 2.30. The molecule has 5 aromatic rings. The molecule has 5 rings (SSSR count). The van der Waals surface area contributed by atoms with E-state index in [9.17, 15) is 0 Å². The van der Waals surface area contributed by atoms with Gasteiger partial charge < -0.3 is 14.7 Å². The molecule has 0 aliphatic carbocycles. The fourth-order valence-electron chi connectivity index (χ4n) is 4.27. The summed E-state index contributed by atoms with van der Waals surface area (Å²) in [5, 5.41) is 11.5. The topological polar surface area (TPSA) is 79.6 Å². The first-order chi connectivity index (χ1) is 16.0. The fraction of sp³-hybridized carbons (Fsp3) is 0.222. The van der Waals surface area contributed by atoms with Gasteiger partial charge in [0, 0.05) is 16.8 Å². The van der Waals surface area contributed by atoms with Gasteiger partial charge in [-0.3, -0.25) is 0 Å². The molecule has 0 saturated heterocycles. The van der Waals surface area contributed by atoms with E-state index in [-0.39, 0.29) is 0 Å². The number of benzene rings is 3. The number of hydrogen-bond donors (Lipinski definition) is 2. The van der Waals surface area contributed by atoms with Crippen molar-refractivity contribution in [1.82, 2.24) is 20.2 Å². The number of fused-ring (bicyclic) bond motifs is 1. The molecule has 0 fully saturated rings. The second-order valence-electron chi connectivity index (χ2n) is 8.58. The van der Waals surface area contributed by atoms with Crippen LogP contribution >= 0.6 is 0 Å². The lowest BCUT2D eigenvalue weighted by molar-refractivity contribution is 0.588. The van der Waals surface area contributed by atoms with Crippen molar-refractivity contribution >= 4 is 22.7 Å². The van der Waals surface area contributed by atoms with Gasteiger partial charge in [-0.05, 0) is 74.2 Å². The number of anilines is 2. The molecule has 0 spiro atoms. The van der Waals surface area contributed by atoms with Crippen LogP contribution in [0.3, 0.4) is 0 Å². The van der Waals surface area contributed by atoms with Crippen molar-refractivity contribution in [2.45, 2.75) is 40.5 Å². The van der Waals surface area contributed by atoms with Crippen molar-refractivity contribution in [3.63, 3.8) is 0 Å². The minimum Gasteiger partial charge on any atom is -0.403 e. The number of imidazole rings is 1. The first kappa shape index (κ1) is 20.9. The Morgan fingerprint density at radius 1 is 0.909 bits per heavy atom. The maximum atomic E-state index is 5.85. The van der Waals surface area contributed by atoms with Gasteiger partial charge in [-0.15, -0.1) is 5.10 Å². The van der Waals surface area contributed by atoms with E-state index in [1.807, 2.05) is 42.5 Å². The third-order valence-electron chi connectivity index (χ3n) is 5.82. The van der Waals surface area contributed by atoms with E-state index in [1.54, 1.807) is 0 Å². The van der Waals surface area contributed by atoms with Crippen LogP contribution in [0.2, 0.25) is 0 Å². The Morgan fingerprint density at radius 3 is 2.39 bits per heavy atom. The highest BCUT2D eigenvalue weighted by molar-refractivity contribution is 5.84. The van der Waals surface area contributed by atoms with Crippen LogP contribution in [-0.2, 0) is 6.42 Å². The van der Waals surface area contributed by atoms with Gasteiger partial charge in [0.15, 0.2) is 0 Å². The summed E-state index contributed by atoms with van der Waals surface area (Å²) < 4.78 is 5.85. The molecule has 0 radical (unpaired) electrons. The summed E-state index contributed by atoms with van der Waals surface area (Å²) in [5.74, 6) is 1.34. The quantitative estimate of drug-likeness (QED) is 0.302. The first-order valence-corrected chi connectivity index (χ1v) is 11.3. The first-order valence-electron chi connectivity index (χ1n) is 11.3. The number of H-pyrrole nitrogens is 1. The summed E-state index contributed by atoms with van der Waals surface area (Å²) in [5.41, 5.74) is 9.79. The zero-order chi connectivity index (χ0) is 22.9. The van der Waals surface area contributed by atoms with Gasteiger partial charge in [-0.25, -0.2) is 4.98 Å². The maximum absolute atomic E-state index is 5.85. The maximum Gasteiger partial charge on any atom is 0.320 e. The Bertz CT molecular complexity index is 1410. The lowest BCUT2D eigenvalue weighted by Gasteiger charge is -2.10. The van der Waals surface area contributed by atoms with Crippen molar-refractivity contribution in [3.05, 3.63) is 76.9 Å². The largest absolute Gasteiger partial charge is 0.403 e. The Balaban J connectivity index is 1.44. The van der Waals surface area contributed by atoms with Crippen LogP contribution in [0.5, 0.6) is 0 Å². The smallest absolute Gasteiger partial charge is 0.320 e. The van der Waals surface area contributed by atoms with Crippen molar-refractivity contribution in [1.29, 1.82) is 0 Å². The molecule has 0 atom stereocenters. The van der Waals surface area contributed by atoms with Crippen LogP contribution in [0, 0.1) is 20.8 Å². The molecule has 2 N–H and O–H groups in total. The number of aromatic amines is 1. The third kappa shape index (κ3) is 4.24. The second kappa shape index (κ2) is 8.54. The summed E-state index contributed by atoms with van der Waals surface area (Å²) in [6.07, 6.45) is 2.24. The highest BCUT2D eigenvalue weighted by atomic mass is 16.4. The molecular formula is C27H27N5O. The van der Waals surface area contributed by atoms with Crippen LogP contribution in [-0.4, -0.2) is 20.2 Å². The van der Waals surface area contributed by atoms with E-state index in [1.165, 1.54) is 22.3 Å². The van der Waals surface area contributed by atoms with Gasteiger partial charge in [-0.1, -0.05) is 48.3 Å². The molecule has 6 heteroatoms. The summed E-state index contributed by atoms with van der Waals surface area (Å²) in [7, 11) is 0. The Morgan fingerprint density at radius 2 is 1.67 bits per heavy atom. The van der Waals surface area contributed by atoms with Crippen molar-refractivity contribution in [2.24, 2.45) is 0 Å². The predicted octanol–water partition coefficient (Wildman–Crippen LogP) is 6.90. The van der Waals surface area contributed by atoms with E-state index in [0.29, 0.717) is 11.9 Å². The molecule has 0 amide bonds. The van der Waals surface area contributed by atoms with Crippen LogP contribution in [0.4, 0.5) is 11.7 Å². The van der Waals surface area contributed by atoms with Crippen LogP contribution < -0.4 is 5.32 Å². The van der Waals surface area contributed by atoms with E-state index in [2.05, 4.69) is 60.3 Å². The molecule has 0 aliphatic rings. The third-order valence-corrected chi connectivity index (χ3v) is 5.82. The molecule has 2 aromatic heterocycles. The Labute approximate surface area is 193 Å². The molecule has 0 bridgehead atoms. The van der Waals surface area contributed by atoms with Crippen molar-refractivity contribution in [2.75, 3.05) is 5.32 Å². The lowest BCUT2D eigenvalue weighted by Crippen LogP contribution is -1.94. The van der Waals surface area contributed by atoms with Crippen LogP contribution in [0.15, 0.2) is 59.0 Å². The zero-order valence-electron chi connectivity index (χ0n) is 19.4. The summed E-state index contributed by atoms with van der Waals surface area (Å²) in [4.78, 5) is 8.34. The SMILES string of the molecule is CCCc1cc(C)c(-c2nc3ccc(-c4nnc(Nc5ccc(C)cc5)o4)cc3[nH]2)c(C)c1. The average Bonchev–Trinajstić information content (AvgIpc) is 3.41. The van der Waals surface area contributed by atoms with Crippen molar-refractivity contribution < 1.29 is 4.42 Å². The second-order valence-corrected chi connectivity index (χ2v) is 8.58. The molecule has 0 aliphatic heterocycles. The minimum atomic E-state index is 0.359. The van der Waals surface area contributed by atoms with Gasteiger partial charge in [0.2, 0.25) is 5.89 Å². The molecule has 0 saturated carbocycles. The number of nitrogens with one attached hydrogen (secondary N) is 2. The molecule has 6 nitrogen and oxygen atoms in total. The van der Waals surface area contributed by atoms with Crippen LogP contribution in [0.25, 0.3) is 33.9 Å². The standard InChI is InChI=1S/C27H27N5O/c1-5-6-19-13-17(3)24(18(4)14-19)25-29-22-12-9-20(15-23(22)30-25)26-31-32-27(33-26)28-21-10-7-16(2)8-11-21/h7-15H,5-6H2,1-4H3,(H,28,32)(H,29,30). The van der Waals surface area contributed by atoms with Gasteiger partial charge >= 0.3 is 6.01 Å². The van der Waals surface area contributed by atoms with Gasteiger partial charge in [0.1, 0.15) is 5.82 Å². The van der Waals surface area contributed by atoms with E-state index in [4.69, 9.17) is 9.40 Å². The molecular weight excluding hydrogens is 410 g/mol. The number of aromatic nitrogens is 4. The Kier molecular flexibility index (Phi) is 5.42. The molecule has 2 heterocycles. The molecule has 33 heavy (non-hydrogen) atoms. The lowest BCUT2D eigenvalue weighted by atomic mass is 9.97. The fourth-order valence-corrected chi connectivity index (χ4v) is 4.27. The van der Waals surface area contributed by atoms with Gasteiger partial charge in [0.25, 0.3) is 0 Å². The minimum absolute atomic E-state index is 0.359. The molecule has 166 valence electrons. The zero-order valence-corrected chi connectivity index (χ0v) is 19.4. The van der Waals surface area contributed by atoms with Crippen molar-refractivity contribution in [3.8, 4) is 22.8 Å². The van der Waals surface area contributed by atoms with Crippen LogP contribution in [0.1, 0.15) is 35.6 Å². The number of aryl methyl sites for hydroxylation is 4. The number of rotatable bonds is 6. The summed E-state index contributed by atoms with van der Waals surface area (Å²) in [6.45, 7) is 8.57. The van der Waals surface area contributed by atoms with Gasteiger partial charge in [-0.2, -0.15) is 0 Å². The number of nitrogens with zero attached hydrogens (tertiary/aromatic N) is 3. The highest BCUT2D eigenvalue weighted by Gasteiger charge is 2.14. The van der Waals surface area contributed by atoms with E-state index < -0.39 is 0 Å². The summed E-state index contributed by atoms with van der Waals surface area (Å²) >= 11 is 0. The van der Waals surface area contributed by atoms with E-state index in [0.717, 1.165) is 46.5 Å². The Hall–Kier alpha value is -3.93. The summed E-state index contributed by atoms with van der Waals surface area (Å²) in [6, 6.07) is 18.9. The molecule has 3 aromatic carbocycles. The monoisotopic (exact) mass is 437 g/mol.